The molecule has 0 saturated carbocycles. The van der Waals surface area contributed by atoms with Crippen LogP contribution in [0.5, 0.6) is 0 Å². The van der Waals surface area contributed by atoms with E-state index in [2.05, 4.69) is 0 Å². The van der Waals surface area contributed by atoms with E-state index in [1.165, 1.54) is 4.90 Å². The third-order valence-corrected chi connectivity index (χ3v) is 3.94. The smallest absolute Gasteiger partial charge is 0.399 e. The molecular formula is C17H14F4N2O. The van der Waals surface area contributed by atoms with Crippen LogP contribution in [0.4, 0.5) is 28.9 Å². The molecule has 2 N–H and O–H groups in total. The molecule has 2 aromatic carbocycles. The minimum absolute atomic E-state index is 0.00350. The second-order valence-corrected chi connectivity index (χ2v) is 5.71. The van der Waals surface area contributed by atoms with E-state index in [0.717, 1.165) is 17.7 Å². The quantitative estimate of drug-likeness (QED) is 0.672. The van der Waals surface area contributed by atoms with Crippen LogP contribution in [-0.2, 0) is 23.8 Å². The first-order valence-electron chi connectivity index (χ1n) is 7.29. The standard InChI is InChI=1S/C17H14F4N2O/c18-13-6-10(5-12(9-13)17(19,20)21)7-16(24)23-4-3-11-8-14(22)1-2-15(11)23/h1-2,5-6,8-9H,3-4,7,22H2. The van der Waals surface area contributed by atoms with Crippen LogP contribution in [0.2, 0.25) is 0 Å². The average Bonchev–Trinajstić information content (AvgIpc) is 2.88. The number of hydrogen-bond donors (Lipinski definition) is 1. The van der Waals surface area contributed by atoms with E-state index in [4.69, 9.17) is 5.73 Å². The van der Waals surface area contributed by atoms with E-state index >= 15 is 0 Å². The van der Waals surface area contributed by atoms with Gasteiger partial charge < -0.3 is 10.6 Å². The van der Waals surface area contributed by atoms with Gasteiger partial charge in [-0.05, 0) is 53.9 Å². The van der Waals surface area contributed by atoms with Crippen LogP contribution in [-0.4, -0.2) is 12.5 Å². The highest BCUT2D eigenvalue weighted by Crippen LogP contribution is 2.32. The Morgan fingerprint density at radius 2 is 1.92 bits per heavy atom. The van der Waals surface area contributed by atoms with Crippen molar-refractivity contribution in [1.82, 2.24) is 0 Å². The predicted molar refractivity (Wildman–Crippen MR) is 82.0 cm³/mol. The van der Waals surface area contributed by atoms with Gasteiger partial charge in [-0.3, -0.25) is 4.79 Å². The van der Waals surface area contributed by atoms with Gasteiger partial charge in [0.05, 0.1) is 12.0 Å². The Balaban J connectivity index is 1.83. The number of amides is 1. The van der Waals surface area contributed by atoms with Crippen LogP contribution in [0.25, 0.3) is 0 Å². The van der Waals surface area contributed by atoms with Crippen molar-refractivity contribution in [1.29, 1.82) is 0 Å². The molecule has 0 aromatic heterocycles. The van der Waals surface area contributed by atoms with Gasteiger partial charge in [0.25, 0.3) is 0 Å². The molecule has 1 aliphatic rings. The van der Waals surface area contributed by atoms with Crippen molar-refractivity contribution in [2.24, 2.45) is 0 Å². The van der Waals surface area contributed by atoms with E-state index in [1.807, 2.05) is 0 Å². The fourth-order valence-corrected chi connectivity index (χ4v) is 2.87. The zero-order valence-corrected chi connectivity index (χ0v) is 12.5. The number of halogens is 4. The summed E-state index contributed by atoms with van der Waals surface area (Å²) in [7, 11) is 0. The first-order valence-corrected chi connectivity index (χ1v) is 7.29. The maximum Gasteiger partial charge on any atom is 0.416 e. The lowest BCUT2D eigenvalue weighted by Gasteiger charge is -2.18. The highest BCUT2D eigenvalue weighted by Gasteiger charge is 2.32. The molecule has 0 unspecified atom stereocenters. The lowest BCUT2D eigenvalue weighted by molar-refractivity contribution is -0.137. The van der Waals surface area contributed by atoms with Gasteiger partial charge in [-0.15, -0.1) is 0 Å². The second-order valence-electron chi connectivity index (χ2n) is 5.71. The van der Waals surface area contributed by atoms with Crippen molar-refractivity contribution in [2.45, 2.75) is 19.0 Å². The molecule has 3 nitrogen and oxygen atoms in total. The van der Waals surface area contributed by atoms with E-state index in [9.17, 15) is 22.4 Å². The summed E-state index contributed by atoms with van der Waals surface area (Å²) in [5, 5.41) is 0. The molecule has 0 saturated heterocycles. The Bertz CT molecular complexity index is 802. The summed E-state index contributed by atoms with van der Waals surface area (Å²) in [6.07, 6.45) is -4.33. The van der Waals surface area contributed by atoms with Crippen molar-refractivity contribution < 1.29 is 22.4 Å². The summed E-state index contributed by atoms with van der Waals surface area (Å²) in [5.74, 6) is -1.39. The van der Waals surface area contributed by atoms with Crippen molar-refractivity contribution in [2.75, 3.05) is 17.2 Å². The number of nitrogens with two attached hydrogens (primary N) is 1. The Kier molecular flexibility index (Phi) is 3.95. The number of fused-ring (bicyclic) bond motifs is 1. The molecule has 1 amide bonds. The number of benzene rings is 2. The summed E-state index contributed by atoms with van der Waals surface area (Å²) in [6, 6.07) is 7.32. The topological polar surface area (TPSA) is 46.3 Å². The van der Waals surface area contributed by atoms with Gasteiger partial charge in [-0.1, -0.05) is 0 Å². The van der Waals surface area contributed by atoms with Gasteiger partial charge in [0.1, 0.15) is 5.82 Å². The lowest BCUT2D eigenvalue weighted by atomic mass is 10.1. The van der Waals surface area contributed by atoms with Gasteiger partial charge >= 0.3 is 6.18 Å². The highest BCUT2D eigenvalue weighted by molar-refractivity contribution is 5.97. The number of alkyl halides is 3. The van der Waals surface area contributed by atoms with Gasteiger partial charge in [0, 0.05) is 17.9 Å². The number of rotatable bonds is 2. The number of carbonyl (C=O) groups excluding carboxylic acids is 1. The summed E-state index contributed by atoms with van der Waals surface area (Å²) < 4.78 is 51.7. The molecule has 2 aromatic rings. The zero-order chi connectivity index (χ0) is 17.5. The minimum Gasteiger partial charge on any atom is -0.399 e. The lowest BCUT2D eigenvalue weighted by Crippen LogP contribution is -2.30. The Morgan fingerprint density at radius 3 is 2.62 bits per heavy atom. The molecule has 3 rings (SSSR count). The van der Waals surface area contributed by atoms with E-state index < -0.39 is 17.6 Å². The molecule has 0 fully saturated rings. The Hall–Kier alpha value is -2.57. The molecule has 126 valence electrons. The first kappa shape index (κ1) is 16.3. The van der Waals surface area contributed by atoms with Crippen LogP contribution in [0, 0.1) is 5.82 Å². The van der Waals surface area contributed by atoms with Gasteiger partial charge in [0.15, 0.2) is 0 Å². The van der Waals surface area contributed by atoms with Gasteiger partial charge in [0.2, 0.25) is 5.91 Å². The highest BCUT2D eigenvalue weighted by atomic mass is 19.4. The molecule has 0 spiro atoms. The van der Waals surface area contributed by atoms with E-state index in [1.54, 1.807) is 18.2 Å². The minimum atomic E-state index is -4.66. The van der Waals surface area contributed by atoms with Crippen LogP contribution in [0.3, 0.4) is 0 Å². The largest absolute Gasteiger partial charge is 0.416 e. The number of hydrogen-bond acceptors (Lipinski definition) is 2. The molecule has 0 bridgehead atoms. The molecule has 0 aliphatic carbocycles. The summed E-state index contributed by atoms with van der Waals surface area (Å²) in [4.78, 5) is 13.9. The molecule has 0 radical (unpaired) electrons. The van der Waals surface area contributed by atoms with Crippen molar-refractivity contribution in [3.05, 3.63) is 58.9 Å². The third-order valence-electron chi connectivity index (χ3n) is 3.94. The van der Waals surface area contributed by atoms with E-state index in [0.29, 0.717) is 30.4 Å². The van der Waals surface area contributed by atoms with Crippen molar-refractivity contribution in [3.8, 4) is 0 Å². The Labute approximate surface area is 135 Å². The maximum atomic E-state index is 13.4. The normalized spacial score (nSPS) is 13.9. The third kappa shape index (κ3) is 3.20. The summed E-state index contributed by atoms with van der Waals surface area (Å²) in [6.45, 7) is 0.430. The number of carbonyl (C=O) groups is 1. The maximum absolute atomic E-state index is 13.4. The average molecular weight is 338 g/mol. The van der Waals surface area contributed by atoms with Crippen LogP contribution >= 0.6 is 0 Å². The van der Waals surface area contributed by atoms with Crippen LogP contribution < -0.4 is 10.6 Å². The summed E-state index contributed by atoms with van der Waals surface area (Å²) >= 11 is 0. The first-order chi connectivity index (χ1) is 11.2. The van der Waals surface area contributed by atoms with Crippen molar-refractivity contribution in [3.63, 3.8) is 0 Å². The van der Waals surface area contributed by atoms with Crippen molar-refractivity contribution >= 4 is 17.3 Å². The SMILES string of the molecule is Nc1ccc2c(c1)CCN2C(=O)Cc1cc(F)cc(C(F)(F)F)c1. The number of anilines is 2. The molecule has 0 atom stereocenters. The Morgan fingerprint density at radius 1 is 1.17 bits per heavy atom. The van der Waals surface area contributed by atoms with E-state index in [-0.39, 0.29) is 17.9 Å². The molecule has 1 aliphatic heterocycles. The fraction of sp³-hybridized carbons (Fsp3) is 0.235. The molecular weight excluding hydrogens is 324 g/mol. The zero-order valence-electron chi connectivity index (χ0n) is 12.5. The fourth-order valence-electron chi connectivity index (χ4n) is 2.87. The number of nitrogen functional groups attached to an aromatic ring is 1. The predicted octanol–water partition coefficient (Wildman–Crippen LogP) is 3.56. The molecule has 7 heteroatoms. The summed E-state index contributed by atoms with van der Waals surface area (Å²) in [5.41, 5.74) is 6.79. The van der Waals surface area contributed by atoms with Gasteiger partial charge in [-0.25, -0.2) is 4.39 Å². The second kappa shape index (κ2) is 5.81. The molecule has 24 heavy (non-hydrogen) atoms. The monoisotopic (exact) mass is 338 g/mol. The molecule has 1 heterocycles. The van der Waals surface area contributed by atoms with Crippen LogP contribution in [0.1, 0.15) is 16.7 Å². The van der Waals surface area contributed by atoms with Gasteiger partial charge in [-0.2, -0.15) is 13.2 Å². The number of nitrogens with zero attached hydrogens (tertiary/aromatic N) is 1. The van der Waals surface area contributed by atoms with Crippen LogP contribution in [0.15, 0.2) is 36.4 Å².